The minimum Gasteiger partial charge on any atom is -0.489 e. The number of aliphatic hydroxyl groups is 1. The van der Waals surface area contributed by atoms with Crippen molar-refractivity contribution in [3.63, 3.8) is 0 Å². The van der Waals surface area contributed by atoms with E-state index in [1.54, 1.807) is 41.3 Å². The largest absolute Gasteiger partial charge is 0.489 e. The van der Waals surface area contributed by atoms with Crippen LogP contribution in [0.15, 0.2) is 48.5 Å². The highest BCUT2D eigenvalue weighted by Gasteiger charge is 2.41. The molecule has 8 heteroatoms. The molecule has 0 unspecified atom stereocenters. The molecule has 0 bridgehead atoms. The maximum Gasteiger partial charge on any atom is 0.266 e. The van der Waals surface area contributed by atoms with E-state index < -0.39 is 17.5 Å². The number of benzene rings is 2. The molecule has 1 fully saturated rings. The molecule has 0 radical (unpaired) electrons. The van der Waals surface area contributed by atoms with E-state index in [9.17, 15) is 14.7 Å². The number of ether oxygens (including phenoxy) is 1. The van der Waals surface area contributed by atoms with Gasteiger partial charge in [0.05, 0.1) is 18.2 Å². The number of hydrogen-bond donors (Lipinski definition) is 3. The zero-order chi connectivity index (χ0) is 22.3. The second-order valence-corrected chi connectivity index (χ2v) is 7.53. The van der Waals surface area contributed by atoms with Crippen molar-refractivity contribution in [2.24, 2.45) is 5.73 Å². The zero-order valence-corrected chi connectivity index (χ0v) is 17.2. The van der Waals surface area contributed by atoms with Crippen LogP contribution in [-0.4, -0.2) is 47.2 Å². The average Bonchev–Trinajstić information content (AvgIpc) is 2.82. The number of nitrogens with one attached hydrogen (secondary N) is 1. The molecule has 3 rings (SSSR count). The molecule has 31 heavy (non-hydrogen) atoms. The molecule has 162 valence electrons. The van der Waals surface area contributed by atoms with E-state index in [0.29, 0.717) is 36.6 Å². The van der Waals surface area contributed by atoms with E-state index in [2.05, 4.69) is 11.4 Å². The van der Waals surface area contributed by atoms with Gasteiger partial charge in [-0.1, -0.05) is 18.6 Å². The smallest absolute Gasteiger partial charge is 0.266 e. The summed E-state index contributed by atoms with van der Waals surface area (Å²) in [6.45, 7) is 1.16. The molecule has 4 N–H and O–H groups in total. The third-order valence-corrected chi connectivity index (χ3v) is 5.37. The lowest BCUT2D eigenvalue weighted by Crippen LogP contribution is -2.64. The van der Waals surface area contributed by atoms with E-state index in [0.717, 1.165) is 24.8 Å². The minimum absolute atomic E-state index is 0.280. The lowest BCUT2D eigenvalue weighted by molar-refractivity contribution is -0.161. The molecule has 0 saturated carbocycles. The number of nitrogens with zero attached hydrogens (tertiary/aromatic N) is 2. The first-order valence-corrected chi connectivity index (χ1v) is 10.2. The summed E-state index contributed by atoms with van der Waals surface area (Å²) in [7, 11) is 0. The van der Waals surface area contributed by atoms with Gasteiger partial charge in [0.15, 0.2) is 0 Å². The van der Waals surface area contributed by atoms with Crippen molar-refractivity contribution < 1.29 is 19.4 Å². The fraction of sp³-hybridized carbons (Fsp3) is 0.348. The van der Waals surface area contributed by atoms with Gasteiger partial charge in [-0.3, -0.25) is 14.5 Å². The van der Waals surface area contributed by atoms with Crippen LogP contribution in [0.4, 0.5) is 0 Å². The van der Waals surface area contributed by atoms with Crippen LogP contribution in [0.25, 0.3) is 0 Å². The van der Waals surface area contributed by atoms with Gasteiger partial charge in [0.25, 0.3) is 11.8 Å². The van der Waals surface area contributed by atoms with Crippen LogP contribution in [0.5, 0.6) is 5.75 Å². The number of nitrogens with two attached hydrogens (primary N) is 1. The van der Waals surface area contributed by atoms with Crippen molar-refractivity contribution in [3.8, 4) is 11.8 Å². The number of likely N-dealkylation sites (tertiary alicyclic amines) is 1. The van der Waals surface area contributed by atoms with Gasteiger partial charge >= 0.3 is 0 Å². The Morgan fingerprint density at radius 1 is 1.10 bits per heavy atom. The van der Waals surface area contributed by atoms with Crippen molar-refractivity contribution in [1.29, 1.82) is 5.26 Å². The van der Waals surface area contributed by atoms with Crippen LogP contribution in [-0.2, 0) is 11.4 Å². The molecule has 1 heterocycles. The number of piperidine rings is 1. The van der Waals surface area contributed by atoms with Crippen LogP contribution >= 0.6 is 0 Å². The van der Waals surface area contributed by atoms with Crippen LogP contribution in [0.2, 0.25) is 0 Å². The number of nitriles is 1. The number of rotatable bonds is 8. The topological polar surface area (TPSA) is 129 Å². The fourth-order valence-electron chi connectivity index (χ4n) is 3.47. The molecule has 2 aromatic rings. The molecule has 0 spiro atoms. The first-order chi connectivity index (χ1) is 14.9. The number of carbonyl (C=O) groups excluding carboxylic acids is 2. The van der Waals surface area contributed by atoms with Gasteiger partial charge < -0.3 is 20.9 Å². The summed E-state index contributed by atoms with van der Waals surface area (Å²) in [4.78, 5) is 26.0. The molecular weight excluding hydrogens is 396 g/mol. The van der Waals surface area contributed by atoms with Gasteiger partial charge in [-0.2, -0.15) is 5.26 Å². The molecule has 2 amide bonds. The Kier molecular flexibility index (Phi) is 7.23. The van der Waals surface area contributed by atoms with Crippen LogP contribution in [0.3, 0.4) is 0 Å². The summed E-state index contributed by atoms with van der Waals surface area (Å²) in [6, 6.07) is 15.7. The van der Waals surface area contributed by atoms with Gasteiger partial charge in [0, 0.05) is 18.7 Å². The van der Waals surface area contributed by atoms with E-state index in [-0.39, 0.29) is 6.54 Å². The number of hydrogen-bond acceptors (Lipinski definition) is 6. The monoisotopic (exact) mass is 422 g/mol. The quantitative estimate of drug-likeness (QED) is 0.592. The highest BCUT2D eigenvalue weighted by Crippen LogP contribution is 2.19. The summed E-state index contributed by atoms with van der Waals surface area (Å²) >= 11 is 0. The Balaban J connectivity index is 1.55. The Morgan fingerprint density at radius 3 is 2.32 bits per heavy atom. The van der Waals surface area contributed by atoms with Gasteiger partial charge in [0.1, 0.15) is 12.4 Å². The number of primary amides is 1. The number of carbonyl (C=O) groups is 2. The van der Waals surface area contributed by atoms with Gasteiger partial charge in [0.2, 0.25) is 5.72 Å². The van der Waals surface area contributed by atoms with E-state index in [1.807, 2.05) is 12.1 Å². The highest BCUT2D eigenvalue weighted by molar-refractivity contribution is 5.95. The van der Waals surface area contributed by atoms with E-state index in [1.165, 1.54) is 0 Å². The van der Waals surface area contributed by atoms with Crippen molar-refractivity contribution >= 4 is 11.8 Å². The molecule has 0 aliphatic carbocycles. The standard InChI is InChI=1S/C23H26N4O4/c24-14-17-4-6-18(7-5-17)15-31-20-10-8-19(9-11-20)21(28)26-16-23(30,22(25)29)27-12-2-1-3-13-27/h4-11,30H,1-3,12-13,15-16H2,(H2,25,29)(H,26,28)/t23-/m0/s1. The highest BCUT2D eigenvalue weighted by atomic mass is 16.5. The van der Waals surface area contributed by atoms with Crippen molar-refractivity contribution in [2.45, 2.75) is 31.6 Å². The van der Waals surface area contributed by atoms with Crippen molar-refractivity contribution in [1.82, 2.24) is 10.2 Å². The Labute approximate surface area is 181 Å². The maximum atomic E-state index is 12.5. The predicted molar refractivity (Wildman–Crippen MR) is 114 cm³/mol. The second kappa shape index (κ2) is 10.1. The van der Waals surface area contributed by atoms with Crippen LogP contribution in [0.1, 0.15) is 40.7 Å². The SMILES string of the molecule is N#Cc1ccc(COc2ccc(C(=O)NC[C@](O)(C(N)=O)N3CCCCC3)cc2)cc1. The van der Waals surface area contributed by atoms with Gasteiger partial charge in [-0.15, -0.1) is 0 Å². The Hall–Kier alpha value is -3.41. The third kappa shape index (κ3) is 5.60. The molecule has 8 nitrogen and oxygen atoms in total. The minimum atomic E-state index is -1.90. The lowest BCUT2D eigenvalue weighted by atomic mass is 10.0. The summed E-state index contributed by atoms with van der Waals surface area (Å²) in [5.74, 6) is -0.709. The van der Waals surface area contributed by atoms with Crippen LogP contribution < -0.4 is 15.8 Å². The van der Waals surface area contributed by atoms with Crippen molar-refractivity contribution in [3.05, 3.63) is 65.2 Å². The van der Waals surface area contributed by atoms with Gasteiger partial charge in [-0.05, 0) is 54.8 Å². The Morgan fingerprint density at radius 2 is 1.74 bits per heavy atom. The molecule has 1 aliphatic rings. The maximum absolute atomic E-state index is 12.5. The molecule has 1 atom stereocenters. The fourth-order valence-corrected chi connectivity index (χ4v) is 3.47. The zero-order valence-electron chi connectivity index (χ0n) is 17.2. The normalized spacial score (nSPS) is 16.0. The summed E-state index contributed by atoms with van der Waals surface area (Å²) < 4.78 is 5.70. The Bertz CT molecular complexity index is 947. The predicted octanol–water partition coefficient (Wildman–Crippen LogP) is 1.53. The van der Waals surface area contributed by atoms with E-state index >= 15 is 0 Å². The molecule has 0 aromatic heterocycles. The third-order valence-electron chi connectivity index (χ3n) is 5.37. The number of amides is 2. The van der Waals surface area contributed by atoms with Crippen LogP contribution in [0, 0.1) is 11.3 Å². The summed E-state index contributed by atoms with van der Waals surface area (Å²) in [5, 5.41) is 22.2. The second-order valence-electron chi connectivity index (χ2n) is 7.53. The van der Waals surface area contributed by atoms with Gasteiger partial charge in [-0.25, -0.2) is 0 Å². The molecule has 1 saturated heterocycles. The molecular formula is C23H26N4O4. The van der Waals surface area contributed by atoms with Crippen molar-refractivity contribution in [2.75, 3.05) is 19.6 Å². The summed E-state index contributed by atoms with van der Waals surface area (Å²) in [5.41, 5.74) is 5.41. The first kappa shape index (κ1) is 22.3. The average molecular weight is 422 g/mol. The lowest BCUT2D eigenvalue weighted by Gasteiger charge is -2.39. The first-order valence-electron chi connectivity index (χ1n) is 10.2. The molecule has 1 aliphatic heterocycles. The van der Waals surface area contributed by atoms with E-state index in [4.69, 9.17) is 15.7 Å². The summed E-state index contributed by atoms with van der Waals surface area (Å²) in [6.07, 6.45) is 2.78. The molecule has 2 aromatic carbocycles.